The van der Waals surface area contributed by atoms with Gasteiger partial charge in [-0.25, -0.2) is 0 Å². The van der Waals surface area contributed by atoms with Gasteiger partial charge in [-0.05, 0) is 58.6 Å². The van der Waals surface area contributed by atoms with Gasteiger partial charge in [0.15, 0.2) is 0 Å². The number of ether oxygens (including phenoxy) is 1. The Morgan fingerprint density at radius 1 is 1.29 bits per heavy atom. The lowest BCUT2D eigenvalue weighted by Crippen LogP contribution is -2.34. The van der Waals surface area contributed by atoms with Crippen molar-refractivity contribution in [1.29, 1.82) is 0 Å². The van der Waals surface area contributed by atoms with Gasteiger partial charge in [-0.15, -0.1) is 24.8 Å². The SMILES string of the molecule is CN(C)CCCOc1cccc(NC(=O)C2CCNCC2)c1.Cl.Cl. The number of hydrogen-bond donors (Lipinski definition) is 2. The number of piperidine rings is 1. The minimum Gasteiger partial charge on any atom is -0.493 e. The van der Waals surface area contributed by atoms with E-state index in [0.717, 1.165) is 50.3 Å². The molecular weight excluding hydrogens is 349 g/mol. The average Bonchev–Trinajstić information content (AvgIpc) is 2.52. The molecule has 1 amide bonds. The fraction of sp³-hybridized carbons (Fsp3) is 0.588. The molecule has 138 valence electrons. The molecule has 0 aliphatic carbocycles. The van der Waals surface area contributed by atoms with Crippen LogP contribution in [0.15, 0.2) is 24.3 Å². The van der Waals surface area contributed by atoms with Crippen LogP contribution in [-0.4, -0.2) is 51.1 Å². The van der Waals surface area contributed by atoms with Gasteiger partial charge in [-0.1, -0.05) is 6.07 Å². The van der Waals surface area contributed by atoms with Crippen LogP contribution in [-0.2, 0) is 4.79 Å². The van der Waals surface area contributed by atoms with Gasteiger partial charge in [-0.3, -0.25) is 4.79 Å². The summed E-state index contributed by atoms with van der Waals surface area (Å²) in [6.07, 6.45) is 2.80. The maximum absolute atomic E-state index is 12.2. The van der Waals surface area contributed by atoms with Gasteiger partial charge in [0, 0.05) is 24.2 Å². The Labute approximate surface area is 157 Å². The molecule has 0 bridgehead atoms. The van der Waals surface area contributed by atoms with Gasteiger partial charge in [0.2, 0.25) is 5.91 Å². The molecule has 1 aromatic rings. The minimum atomic E-state index is 0. The van der Waals surface area contributed by atoms with Gasteiger partial charge in [0.05, 0.1) is 6.61 Å². The van der Waals surface area contributed by atoms with E-state index in [2.05, 4.69) is 29.6 Å². The third-order valence-electron chi connectivity index (χ3n) is 3.83. The molecule has 0 unspecified atom stereocenters. The maximum Gasteiger partial charge on any atom is 0.227 e. The molecule has 2 rings (SSSR count). The van der Waals surface area contributed by atoms with Crippen molar-refractivity contribution in [2.45, 2.75) is 19.3 Å². The molecule has 0 radical (unpaired) electrons. The van der Waals surface area contributed by atoms with E-state index < -0.39 is 0 Å². The van der Waals surface area contributed by atoms with Gasteiger partial charge in [0.25, 0.3) is 0 Å². The van der Waals surface area contributed by atoms with Crippen molar-refractivity contribution < 1.29 is 9.53 Å². The maximum atomic E-state index is 12.2. The third-order valence-corrected chi connectivity index (χ3v) is 3.83. The van der Waals surface area contributed by atoms with Gasteiger partial charge >= 0.3 is 0 Å². The Kier molecular flexibility index (Phi) is 11.8. The number of nitrogens with one attached hydrogen (secondary N) is 2. The predicted octanol–water partition coefficient (Wildman–Crippen LogP) is 2.80. The number of carbonyl (C=O) groups excluding carboxylic acids is 1. The molecule has 5 nitrogen and oxygen atoms in total. The summed E-state index contributed by atoms with van der Waals surface area (Å²) in [5.41, 5.74) is 0.814. The van der Waals surface area contributed by atoms with E-state index in [9.17, 15) is 4.79 Å². The van der Waals surface area contributed by atoms with Crippen LogP contribution in [0.3, 0.4) is 0 Å². The molecule has 0 aromatic heterocycles. The monoisotopic (exact) mass is 377 g/mol. The fourth-order valence-corrected chi connectivity index (χ4v) is 2.56. The number of amides is 1. The lowest BCUT2D eigenvalue weighted by Gasteiger charge is -2.21. The first-order chi connectivity index (χ1) is 10.6. The summed E-state index contributed by atoms with van der Waals surface area (Å²) in [5.74, 6) is 1.04. The second kappa shape index (κ2) is 12.4. The summed E-state index contributed by atoms with van der Waals surface area (Å²) in [6, 6.07) is 7.65. The van der Waals surface area contributed by atoms with Crippen LogP contribution in [0.1, 0.15) is 19.3 Å². The predicted molar refractivity (Wildman–Crippen MR) is 104 cm³/mol. The van der Waals surface area contributed by atoms with Crippen molar-refractivity contribution in [3.05, 3.63) is 24.3 Å². The van der Waals surface area contributed by atoms with Crippen LogP contribution < -0.4 is 15.4 Å². The second-order valence-electron chi connectivity index (χ2n) is 6.05. The van der Waals surface area contributed by atoms with Crippen molar-refractivity contribution in [2.24, 2.45) is 5.92 Å². The number of halogens is 2. The quantitative estimate of drug-likeness (QED) is 0.717. The average molecular weight is 378 g/mol. The molecule has 0 spiro atoms. The molecular formula is C17H29Cl2N3O2. The molecule has 1 saturated heterocycles. The summed E-state index contributed by atoms with van der Waals surface area (Å²) < 4.78 is 5.74. The molecule has 1 aliphatic rings. The highest BCUT2D eigenvalue weighted by Gasteiger charge is 2.20. The first-order valence-corrected chi connectivity index (χ1v) is 8.04. The zero-order chi connectivity index (χ0) is 15.8. The standard InChI is InChI=1S/C17H27N3O2.2ClH/c1-20(2)11-4-12-22-16-6-3-5-15(13-16)19-17(21)14-7-9-18-10-8-14;;/h3,5-6,13-14,18H,4,7-12H2,1-2H3,(H,19,21);2*1H. The lowest BCUT2D eigenvalue weighted by atomic mass is 9.97. The third kappa shape index (κ3) is 8.20. The Hall–Kier alpha value is -1.01. The lowest BCUT2D eigenvalue weighted by molar-refractivity contribution is -0.120. The first-order valence-electron chi connectivity index (χ1n) is 8.04. The van der Waals surface area contributed by atoms with Gasteiger partial charge < -0.3 is 20.3 Å². The van der Waals surface area contributed by atoms with Crippen LogP contribution in [0.5, 0.6) is 5.75 Å². The molecule has 2 N–H and O–H groups in total. The summed E-state index contributed by atoms with van der Waals surface area (Å²) >= 11 is 0. The highest BCUT2D eigenvalue weighted by molar-refractivity contribution is 5.92. The van der Waals surface area contributed by atoms with Crippen LogP contribution in [0.25, 0.3) is 0 Å². The zero-order valence-corrected chi connectivity index (χ0v) is 16.0. The van der Waals surface area contributed by atoms with E-state index >= 15 is 0 Å². The van der Waals surface area contributed by atoms with Crippen molar-refractivity contribution >= 4 is 36.4 Å². The van der Waals surface area contributed by atoms with E-state index in [1.807, 2.05) is 24.3 Å². The number of hydrogen-bond acceptors (Lipinski definition) is 4. The molecule has 0 atom stereocenters. The fourth-order valence-electron chi connectivity index (χ4n) is 2.56. The van der Waals surface area contributed by atoms with Gasteiger partial charge in [0.1, 0.15) is 5.75 Å². The smallest absolute Gasteiger partial charge is 0.227 e. The largest absolute Gasteiger partial charge is 0.493 e. The highest BCUT2D eigenvalue weighted by atomic mass is 35.5. The van der Waals surface area contributed by atoms with Crippen LogP contribution in [0.2, 0.25) is 0 Å². The number of carbonyl (C=O) groups is 1. The summed E-state index contributed by atoms with van der Waals surface area (Å²) in [4.78, 5) is 14.4. The van der Waals surface area contributed by atoms with Gasteiger partial charge in [-0.2, -0.15) is 0 Å². The summed E-state index contributed by atoms with van der Waals surface area (Å²) in [5, 5.41) is 6.28. The molecule has 1 fully saturated rings. The molecule has 0 saturated carbocycles. The molecule has 1 heterocycles. The molecule has 1 aliphatic heterocycles. The van der Waals surface area contributed by atoms with Crippen molar-refractivity contribution in [2.75, 3.05) is 45.7 Å². The Morgan fingerprint density at radius 2 is 2.00 bits per heavy atom. The van der Waals surface area contributed by atoms with Crippen LogP contribution >= 0.6 is 24.8 Å². The van der Waals surface area contributed by atoms with E-state index in [0.29, 0.717) is 6.61 Å². The number of nitrogens with zero attached hydrogens (tertiary/aromatic N) is 1. The number of anilines is 1. The summed E-state index contributed by atoms with van der Waals surface area (Å²) in [6.45, 7) is 3.54. The van der Waals surface area contributed by atoms with E-state index in [1.165, 1.54) is 0 Å². The number of benzene rings is 1. The van der Waals surface area contributed by atoms with Crippen LogP contribution in [0, 0.1) is 5.92 Å². The highest BCUT2D eigenvalue weighted by Crippen LogP contribution is 2.20. The van der Waals surface area contributed by atoms with Crippen LogP contribution in [0.4, 0.5) is 5.69 Å². The Bertz CT molecular complexity index is 481. The second-order valence-corrected chi connectivity index (χ2v) is 6.05. The van der Waals surface area contributed by atoms with E-state index in [4.69, 9.17) is 4.74 Å². The van der Waals surface area contributed by atoms with E-state index in [-0.39, 0.29) is 36.6 Å². The summed E-state index contributed by atoms with van der Waals surface area (Å²) in [7, 11) is 4.11. The molecule has 1 aromatic carbocycles. The minimum absolute atomic E-state index is 0. The van der Waals surface area contributed by atoms with Crippen molar-refractivity contribution in [3.63, 3.8) is 0 Å². The number of rotatable bonds is 7. The topological polar surface area (TPSA) is 53.6 Å². The zero-order valence-electron chi connectivity index (χ0n) is 14.4. The first kappa shape index (κ1) is 23.0. The molecule has 24 heavy (non-hydrogen) atoms. The van der Waals surface area contributed by atoms with Crippen molar-refractivity contribution in [1.82, 2.24) is 10.2 Å². The normalized spacial score (nSPS) is 14.5. The van der Waals surface area contributed by atoms with Crippen molar-refractivity contribution in [3.8, 4) is 5.75 Å². The Morgan fingerprint density at radius 3 is 2.67 bits per heavy atom. The Balaban J connectivity index is 0.00000264. The molecule has 7 heteroatoms. The van der Waals surface area contributed by atoms with E-state index in [1.54, 1.807) is 0 Å².